The summed E-state index contributed by atoms with van der Waals surface area (Å²) in [6.45, 7) is 0.440. The van der Waals surface area contributed by atoms with Crippen molar-refractivity contribution in [1.29, 1.82) is 0 Å². The molecular weight excluding hydrogens is 901 g/mol. The Hall–Kier alpha value is -7.24. The summed E-state index contributed by atoms with van der Waals surface area (Å²) in [6, 6.07) is 15.6. The van der Waals surface area contributed by atoms with E-state index in [0.717, 1.165) is 75.1 Å². The molecule has 2 saturated carbocycles. The lowest BCUT2D eigenvalue weighted by Gasteiger charge is -2.54. The number of pyridine rings is 2. The standard InChI is InChI=1S/C29H27F2N3O4.C22H21F2N3O4/c30-20-9-6-19(23(31)12-20)13-32-28(36)22-14-33-15-24-18-7-10-21(11-8-18)34(24)29(37)25(33)27(26(22)35)38-16-17-4-2-1-3-5-17;23-13-4-1-12(16(24)7-13)8-25-21(30)15-9-26-10-17-11-2-5-14(6-3-11)27(17)22(31)18(26)20(29)19(15)28/h1-6,9,12,14,18,21,24H,7-8,10-11,13,15-16H2,(H,32,36);1,4,7,9,11,14,17,29H,2-3,5-6,8,10H2,(H,25,30)/t18?,21?,24-;11?,14?,17-/m00/s1. The zero-order valence-electron chi connectivity index (χ0n) is 37.3. The van der Waals surface area contributed by atoms with E-state index in [1.54, 1.807) is 4.57 Å². The van der Waals surface area contributed by atoms with Gasteiger partial charge in [-0.15, -0.1) is 0 Å². The van der Waals surface area contributed by atoms with Crippen molar-refractivity contribution in [2.75, 3.05) is 0 Å². The van der Waals surface area contributed by atoms with Crippen LogP contribution in [0.1, 0.15) is 110 Å². The van der Waals surface area contributed by atoms with E-state index in [4.69, 9.17) is 4.74 Å². The van der Waals surface area contributed by atoms with Crippen molar-refractivity contribution >= 4 is 23.6 Å². The molecule has 0 spiro atoms. The molecule has 14 nitrogen and oxygen atoms in total. The number of hydrogen-bond acceptors (Lipinski definition) is 8. The molecule has 8 heterocycles. The zero-order chi connectivity index (χ0) is 48.2. The molecule has 18 heteroatoms. The molecule has 3 N–H and O–H groups in total. The number of ether oxygens (including phenoxy) is 1. The van der Waals surface area contributed by atoms with Crippen LogP contribution in [0.25, 0.3) is 0 Å². The van der Waals surface area contributed by atoms with Gasteiger partial charge in [-0.1, -0.05) is 42.5 Å². The van der Waals surface area contributed by atoms with Gasteiger partial charge in [0.05, 0.1) is 12.1 Å². The van der Waals surface area contributed by atoms with E-state index in [0.29, 0.717) is 31.0 Å². The lowest BCUT2D eigenvalue weighted by molar-refractivity contribution is -0.0185. The Bertz CT molecular complexity index is 3020. The Balaban J connectivity index is 0.000000164. The molecule has 0 radical (unpaired) electrons. The van der Waals surface area contributed by atoms with E-state index in [2.05, 4.69) is 10.6 Å². The summed E-state index contributed by atoms with van der Waals surface area (Å²) in [5, 5.41) is 15.5. The largest absolute Gasteiger partial charge is 0.503 e. The van der Waals surface area contributed by atoms with Gasteiger partial charge in [0, 0.05) is 73.9 Å². The molecular formula is C51H48F4N6O8. The fourth-order valence-corrected chi connectivity index (χ4v) is 11.4. The van der Waals surface area contributed by atoms with Gasteiger partial charge in [0.25, 0.3) is 23.6 Å². The van der Waals surface area contributed by atoms with Crippen LogP contribution in [0.4, 0.5) is 17.6 Å². The molecule has 5 aromatic rings. The third-order valence-electron chi connectivity index (χ3n) is 14.8. The lowest BCUT2D eigenvalue weighted by atomic mass is 9.73. The first kappa shape index (κ1) is 45.5. The van der Waals surface area contributed by atoms with E-state index < -0.39 is 51.7 Å². The second-order valence-corrected chi connectivity index (χ2v) is 18.7. The fourth-order valence-electron chi connectivity index (χ4n) is 11.4. The molecule has 0 unspecified atom stereocenters. The van der Waals surface area contributed by atoms with Crippen LogP contribution in [0.5, 0.6) is 11.5 Å². The fraction of sp³-hybridized carbons (Fsp3) is 0.373. The number of fused-ring (bicyclic) bond motifs is 6. The quantitative estimate of drug-likeness (QED) is 0.147. The second-order valence-electron chi connectivity index (χ2n) is 18.7. The van der Waals surface area contributed by atoms with Crippen molar-refractivity contribution in [3.05, 3.63) is 162 Å². The normalized spacial score (nSPS) is 22.7. The van der Waals surface area contributed by atoms with E-state index >= 15 is 0 Å². The summed E-state index contributed by atoms with van der Waals surface area (Å²) in [5.41, 5.74) is -1.14. The maximum absolute atomic E-state index is 14.1. The van der Waals surface area contributed by atoms with Gasteiger partial charge in [-0.05, 0) is 80.9 Å². The van der Waals surface area contributed by atoms with Crippen LogP contribution >= 0.6 is 0 Å². The number of nitrogens with one attached hydrogen (secondary N) is 2. The van der Waals surface area contributed by atoms with Gasteiger partial charge >= 0.3 is 0 Å². The van der Waals surface area contributed by atoms with Gasteiger partial charge in [-0.25, -0.2) is 17.6 Å². The summed E-state index contributed by atoms with van der Waals surface area (Å²) in [5.74, 6) is -5.37. The Morgan fingerprint density at radius 3 is 1.57 bits per heavy atom. The number of aromatic hydroxyl groups is 1. The van der Waals surface area contributed by atoms with Gasteiger partial charge < -0.3 is 39.4 Å². The van der Waals surface area contributed by atoms with Crippen LogP contribution < -0.4 is 26.2 Å². The van der Waals surface area contributed by atoms with Crippen molar-refractivity contribution in [2.45, 2.75) is 108 Å². The van der Waals surface area contributed by atoms with Crippen LogP contribution in [0.3, 0.4) is 0 Å². The highest BCUT2D eigenvalue weighted by Crippen LogP contribution is 2.45. The minimum atomic E-state index is -0.947. The van der Waals surface area contributed by atoms with Gasteiger partial charge in [-0.2, -0.15) is 0 Å². The Kier molecular flexibility index (Phi) is 12.1. The minimum absolute atomic E-state index is 0.0104. The van der Waals surface area contributed by atoms with Gasteiger partial charge in [0.1, 0.15) is 41.0 Å². The number of piperidine rings is 4. The number of carbonyl (C=O) groups excluding carboxylic acids is 4. The van der Waals surface area contributed by atoms with Crippen LogP contribution in [0.15, 0.2) is 88.7 Å². The summed E-state index contributed by atoms with van der Waals surface area (Å²) in [4.78, 5) is 82.7. The van der Waals surface area contributed by atoms with Gasteiger partial charge in [-0.3, -0.25) is 28.8 Å². The summed E-state index contributed by atoms with van der Waals surface area (Å²) < 4.78 is 63.3. The highest BCUT2D eigenvalue weighted by Gasteiger charge is 2.50. The predicted octanol–water partition coefficient (Wildman–Crippen LogP) is 6.19. The number of carbonyl (C=O) groups is 4. The molecule has 2 aliphatic carbocycles. The first-order valence-electron chi connectivity index (χ1n) is 23.3. The van der Waals surface area contributed by atoms with Crippen molar-refractivity contribution in [3.8, 4) is 11.5 Å². The van der Waals surface area contributed by atoms with E-state index in [9.17, 15) is 51.4 Å². The van der Waals surface area contributed by atoms with E-state index in [1.165, 1.54) is 29.1 Å². The number of amides is 4. The number of benzene rings is 3. The maximum Gasteiger partial charge on any atom is 0.275 e. The van der Waals surface area contributed by atoms with E-state index in [1.807, 2.05) is 40.1 Å². The molecule has 358 valence electrons. The molecule has 3 aromatic carbocycles. The highest BCUT2D eigenvalue weighted by molar-refractivity contribution is 6.00. The molecule has 6 fully saturated rings. The first-order chi connectivity index (χ1) is 33.2. The van der Waals surface area contributed by atoms with Crippen molar-refractivity contribution < 1.29 is 46.6 Å². The number of rotatable bonds is 9. The lowest BCUT2D eigenvalue weighted by Crippen LogP contribution is -2.62. The number of aromatic nitrogens is 2. The first-order valence-corrected chi connectivity index (χ1v) is 23.3. The molecule has 4 amide bonds. The molecule has 8 aliphatic rings. The van der Waals surface area contributed by atoms with E-state index in [-0.39, 0.29) is 95.1 Å². The van der Waals surface area contributed by atoms with Crippen molar-refractivity contribution in [3.63, 3.8) is 0 Å². The Morgan fingerprint density at radius 2 is 1.07 bits per heavy atom. The number of halogens is 4. The van der Waals surface area contributed by atoms with Crippen molar-refractivity contribution in [1.82, 2.24) is 29.6 Å². The summed E-state index contributed by atoms with van der Waals surface area (Å²) >= 11 is 0. The molecule has 69 heavy (non-hydrogen) atoms. The van der Waals surface area contributed by atoms with Crippen molar-refractivity contribution in [2.24, 2.45) is 11.8 Å². The minimum Gasteiger partial charge on any atom is -0.503 e. The van der Waals surface area contributed by atoms with Gasteiger partial charge in [0.2, 0.25) is 10.9 Å². The number of nitrogens with zero attached hydrogens (tertiary/aromatic N) is 4. The second kappa shape index (κ2) is 18.3. The highest BCUT2D eigenvalue weighted by atomic mass is 19.1. The van der Waals surface area contributed by atoms with Crippen LogP contribution in [0.2, 0.25) is 0 Å². The van der Waals surface area contributed by atoms with Crippen LogP contribution in [0, 0.1) is 35.1 Å². The molecule has 6 aliphatic heterocycles. The monoisotopic (exact) mass is 948 g/mol. The molecule has 2 atom stereocenters. The predicted molar refractivity (Wildman–Crippen MR) is 240 cm³/mol. The third kappa shape index (κ3) is 8.43. The summed E-state index contributed by atoms with van der Waals surface area (Å²) in [7, 11) is 0. The number of hydrogen-bond donors (Lipinski definition) is 3. The third-order valence-corrected chi connectivity index (χ3v) is 14.8. The van der Waals surface area contributed by atoms with Gasteiger partial charge in [0.15, 0.2) is 22.9 Å². The van der Waals surface area contributed by atoms with Crippen LogP contribution in [-0.2, 0) is 32.8 Å². The molecule has 4 bridgehead atoms. The summed E-state index contributed by atoms with van der Waals surface area (Å²) in [6.07, 6.45) is 10.7. The molecule has 2 aromatic heterocycles. The average Bonchev–Trinajstić information content (AvgIpc) is 3.35. The SMILES string of the molecule is O=C(NCc1ccc(F)cc1F)c1cn2c(c(O)c1=O)C(=O)N1C3CCC(CC3)[C@@H]1C2.O=C(NCc1ccc(F)cc1F)c1cn2c(c(OCc3ccccc3)c1=O)C(=O)N1C3CCC(CC3)[C@@H]1C2. The Morgan fingerprint density at radius 1 is 0.609 bits per heavy atom. The smallest absolute Gasteiger partial charge is 0.275 e. The molecule has 4 saturated heterocycles. The zero-order valence-corrected chi connectivity index (χ0v) is 37.3. The Labute approximate surface area is 392 Å². The van der Waals surface area contributed by atoms with Crippen LogP contribution in [-0.4, -0.2) is 71.8 Å². The topological polar surface area (TPSA) is 172 Å². The maximum atomic E-state index is 14.1. The molecule has 13 rings (SSSR count). The average molecular weight is 949 g/mol.